The van der Waals surface area contributed by atoms with Gasteiger partial charge in [0, 0.05) is 43.6 Å². The van der Waals surface area contributed by atoms with E-state index in [-0.39, 0.29) is 5.69 Å². The lowest BCUT2D eigenvalue weighted by atomic mass is 10.2. The van der Waals surface area contributed by atoms with Crippen LogP contribution in [0.5, 0.6) is 5.75 Å². The lowest BCUT2D eigenvalue weighted by Gasteiger charge is -2.34. The Bertz CT molecular complexity index is 1090. The van der Waals surface area contributed by atoms with Crippen molar-refractivity contribution in [3.8, 4) is 5.75 Å². The minimum Gasteiger partial charge on any atom is -0.465 e. The summed E-state index contributed by atoms with van der Waals surface area (Å²) in [6, 6.07) is 14.7. The molecule has 0 N–H and O–H groups in total. The Morgan fingerprint density at radius 3 is 2.56 bits per heavy atom. The Morgan fingerprint density at radius 2 is 1.81 bits per heavy atom. The average molecular weight is 432 g/mol. The van der Waals surface area contributed by atoms with Crippen molar-refractivity contribution in [1.82, 2.24) is 9.91 Å². The largest absolute Gasteiger partial charge is 0.465 e. The first kappa shape index (κ1) is 20.1. The molecule has 32 heavy (non-hydrogen) atoms. The number of likely N-dealkylation sites (N-methyl/N-ethyl adjacent to an activating group) is 1. The van der Waals surface area contributed by atoms with Crippen LogP contribution in [0.2, 0.25) is 0 Å². The monoisotopic (exact) mass is 432 g/mol. The van der Waals surface area contributed by atoms with E-state index < -0.39 is 11.2 Å². The predicted molar refractivity (Wildman–Crippen MR) is 124 cm³/mol. The van der Waals surface area contributed by atoms with Gasteiger partial charge in [0.15, 0.2) is 0 Å². The zero-order valence-electron chi connectivity index (χ0n) is 17.7. The standard InChI is InChI=1S/C23H24N6O3/c1-25-12-14-26(15-13-25)18-8-10-19(11-9-18)27-17-24-28-22(27)6-3-7-23(28)32-21-5-2-4-20(16-21)29(30)31/h2-11,16-17,23H,12-15H2,1H3. The second-order valence-electron chi connectivity index (χ2n) is 7.92. The normalized spacial score (nSPS) is 20.3. The van der Waals surface area contributed by atoms with Gasteiger partial charge in [-0.2, -0.15) is 5.10 Å². The third-order valence-electron chi connectivity index (χ3n) is 5.82. The molecule has 9 nitrogen and oxygen atoms in total. The topological polar surface area (TPSA) is 77.7 Å². The van der Waals surface area contributed by atoms with Gasteiger partial charge < -0.3 is 14.5 Å². The molecular formula is C23H24N6O3. The Balaban J connectivity index is 1.29. The van der Waals surface area contributed by atoms with Crippen LogP contribution in [0, 0.1) is 10.1 Å². The summed E-state index contributed by atoms with van der Waals surface area (Å²) in [4.78, 5) is 17.4. The average Bonchev–Trinajstić information content (AvgIpc) is 3.25. The highest BCUT2D eigenvalue weighted by atomic mass is 16.6. The van der Waals surface area contributed by atoms with Gasteiger partial charge in [-0.15, -0.1) is 0 Å². The van der Waals surface area contributed by atoms with Crippen LogP contribution in [0.15, 0.2) is 77.7 Å². The van der Waals surface area contributed by atoms with E-state index in [1.54, 1.807) is 23.5 Å². The van der Waals surface area contributed by atoms with Crippen LogP contribution in [0.3, 0.4) is 0 Å². The Morgan fingerprint density at radius 1 is 1.06 bits per heavy atom. The number of nitro benzene ring substituents is 1. The summed E-state index contributed by atoms with van der Waals surface area (Å²) in [5.41, 5.74) is 2.22. The number of fused-ring (bicyclic) bond motifs is 1. The van der Waals surface area contributed by atoms with Gasteiger partial charge in [0.2, 0.25) is 6.23 Å². The number of hydrogen-bond donors (Lipinski definition) is 0. The number of anilines is 2. The SMILES string of the molecule is CN1CCN(c2ccc(N3C=NN4C3=CC=CC4Oc3cccc([N+](=O)[O-])c3)cc2)CC1. The first-order valence-electron chi connectivity index (χ1n) is 10.5. The van der Waals surface area contributed by atoms with Gasteiger partial charge in [-0.1, -0.05) is 12.1 Å². The first-order chi connectivity index (χ1) is 15.6. The van der Waals surface area contributed by atoms with Crippen molar-refractivity contribution in [1.29, 1.82) is 0 Å². The number of ether oxygens (including phenoxy) is 1. The Kier molecular flexibility index (Phi) is 5.24. The molecule has 3 aliphatic rings. The van der Waals surface area contributed by atoms with Crippen molar-refractivity contribution in [2.45, 2.75) is 6.23 Å². The third-order valence-corrected chi connectivity index (χ3v) is 5.82. The van der Waals surface area contributed by atoms with Crippen molar-refractivity contribution < 1.29 is 9.66 Å². The van der Waals surface area contributed by atoms with Gasteiger partial charge in [-0.3, -0.25) is 15.0 Å². The third kappa shape index (κ3) is 3.90. The zero-order chi connectivity index (χ0) is 22.1. The van der Waals surface area contributed by atoms with Gasteiger partial charge in [-0.25, -0.2) is 5.01 Å². The van der Waals surface area contributed by atoms with Crippen molar-refractivity contribution >= 4 is 23.4 Å². The van der Waals surface area contributed by atoms with Crippen molar-refractivity contribution in [3.63, 3.8) is 0 Å². The van der Waals surface area contributed by atoms with E-state index in [0.29, 0.717) is 5.75 Å². The molecule has 0 bridgehead atoms. The Labute approximate surface area is 186 Å². The quantitative estimate of drug-likeness (QED) is 0.530. The number of hydrazone groups is 1. The fraction of sp³-hybridized carbons (Fsp3) is 0.261. The van der Waals surface area contributed by atoms with Gasteiger partial charge in [-0.05, 0) is 49.5 Å². The van der Waals surface area contributed by atoms with E-state index >= 15 is 0 Å². The molecule has 1 saturated heterocycles. The summed E-state index contributed by atoms with van der Waals surface area (Å²) in [5.74, 6) is 1.27. The maximum absolute atomic E-state index is 11.0. The van der Waals surface area contributed by atoms with Crippen LogP contribution in [-0.2, 0) is 0 Å². The van der Waals surface area contributed by atoms with Crippen molar-refractivity contribution in [2.75, 3.05) is 43.0 Å². The van der Waals surface area contributed by atoms with Gasteiger partial charge in [0.05, 0.1) is 11.0 Å². The molecule has 0 aliphatic carbocycles. The molecule has 3 aliphatic heterocycles. The fourth-order valence-corrected chi connectivity index (χ4v) is 3.99. The van der Waals surface area contributed by atoms with Crippen molar-refractivity contribution in [3.05, 3.63) is 82.7 Å². The van der Waals surface area contributed by atoms with E-state index in [9.17, 15) is 10.1 Å². The minimum absolute atomic E-state index is 0.00922. The summed E-state index contributed by atoms with van der Waals surface area (Å²) in [6.07, 6.45) is 7.00. The number of benzene rings is 2. The molecule has 1 fully saturated rings. The molecule has 164 valence electrons. The van der Waals surface area contributed by atoms with Gasteiger partial charge in [0.1, 0.15) is 17.9 Å². The molecule has 1 unspecified atom stereocenters. The molecule has 3 heterocycles. The lowest BCUT2D eigenvalue weighted by Crippen LogP contribution is -2.44. The number of piperazine rings is 1. The molecular weight excluding hydrogens is 408 g/mol. The summed E-state index contributed by atoms with van der Waals surface area (Å²) in [6.45, 7) is 4.20. The second kappa shape index (κ2) is 8.35. The molecule has 0 saturated carbocycles. The smallest absolute Gasteiger partial charge is 0.273 e. The minimum atomic E-state index is -0.497. The summed E-state index contributed by atoms with van der Waals surface area (Å²) in [7, 11) is 2.15. The number of hydrogen-bond acceptors (Lipinski definition) is 8. The van der Waals surface area contributed by atoms with Crippen molar-refractivity contribution in [2.24, 2.45) is 5.10 Å². The molecule has 0 spiro atoms. The molecule has 9 heteroatoms. The maximum atomic E-state index is 11.0. The van der Waals surface area contributed by atoms with E-state index in [4.69, 9.17) is 4.74 Å². The maximum Gasteiger partial charge on any atom is 0.273 e. The number of nitro groups is 1. The predicted octanol–water partition coefficient (Wildman–Crippen LogP) is 3.23. The van der Waals surface area contributed by atoms with Gasteiger partial charge in [0.25, 0.3) is 5.69 Å². The molecule has 0 amide bonds. The van der Waals surface area contributed by atoms with E-state index in [1.807, 2.05) is 23.1 Å². The van der Waals surface area contributed by atoms with Crippen LogP contribution in [0.25, 0.3) is 0 Å². The number of rotatable bonds is 5. The lowest BCUT2D eigenvalue weighted by molar-refractivity contribution is -0.385. The summed E-state index contributed by atoms with van der Waals surface area (Å²) < 4.78 is 5.99. The van der Waals surface area contributed by atoms with Crippen LogP contribution in [-0.4, -0.2) is 60.6 Å². The van der Waals surface area contributed by atoms with Crippen LogP contribution >= 0.6 is 0 Å². The number of allylic oxidation sites excluding steroid dienone is 2. The number of nitrogens with zero attached hydrogens (tertiary/aromatic N) is 6. The van der Waals surface area contributed by atoms with Gasteiger partial charge >= 0.3 is 0 Å². The second-order valence-corrected chi connectivity index (χ2v) is 7.92. The summed E-state index contributed by atoms with van der Waals surface area (Å²) in [5, 5.41) is 17.3. The fourth-order valence-electron chi connectivity index (χ4n) is 3.99. The van der Waals surface area contributed by atoms with E-state index in [1.165, 1.54) is 17.8 Å². The molecule has 5 rings (SSSR count). The van der Waals surface area contributed by atoms with Crippen LogP contribution in [0.4, 0.5) is 17.1 Å². The van der Waals surface area contributed by atoms with E-state index in [0.717, 1.165) is 37.7 Å². The molecule has 2 aromatic carbocycles. The van der Waals surface area contributed by atoms with E-state index in [2.05, 4.69) is 46.2 Å². The number of non-ortho nitro benzene ring substituents is 1. The molecule has 2 aromatic rings. The van der Waals surface area contributed by atoms with Crippen LogP contribution in [0.1, 0.15) is 0 Å². The zero-order valence-corrected chi connectivity index (χ0v) is 17.7. The molecule has 0 radical (unpaired) electrons. The highest BCUT2D eigenvalue weighted by Gasteiger charge is 2.31. The molecule has 1 atom stereocenters. The molecule has 0 aromatic heterocycles. The highest BCUT2D eigenvalue weighted by Crippen LogP contribution is 2.32. The Hall–Kier alpha value is -3.85. The highest BCUT2D eigenvalue weighted by molar-refractivity contribution is 5.86. The summed E-state index contributed by atoms with van der Waals surface area (Å²) >= 11 is 0. The first-order valence-corrected chi connectivity index (χ1v) is 10.5. The van der Waals surface area contributed by atoms with Crippen LogP contribution < -0.4 is 14.5 Å².